The van der Waals surface area contributed by atoms with Crippen LogP contribution in [0.3, 0.4) is 0 Å². The van der Waals surface area contributed by atoms with Gasteiger partial charge in [-0.2, -0.15) is 11.8 Å². The summed E-state index contributed by atoms with van der Waals surface area (Å²) in [6, 6.07) is 1.83. The Labute approximate surface area is 100 Å². The molecular weight excluding hydrogens is 222 g/mol. The van der Waals surface area contributed by atoms with Crippen molar-refractivity contribution in [2.24, 2.45) is 5.92 Å². The third-order valence-corrected chi connectivity index (χ3v) is 3.81. The molecule has 1 aromatic rings. The van der Waals surface area contributed by atoms with Crippen LogP contribution in [0.25, 0.3) is 0 Å². The molecule has 88 valence electrons. The average Bonchev–Trinajstić information content (AvgIpc) is 2.38. The predicted molar refractivity (Wildman–Crippen MR) is 67.1 cm³/mol. The van der Waals surface area contributed by atoms with Crippen LogP contribution in [0, 0.1) is 5.92 Å². The van der Waals surface area contributed by atoms with Gasteiger partial charge in [0, 0.05) is 12.6 Å². The lowest BCUT2D eigenvalue weighted by Gasteiger charge is -2.21. The molecule has 2 rings (SSSR count). The quantitative estimate of drug-likeness (QED) is 0.871. The molecule has 0 aliphatic carbocycles. The topological polar surface area (TPSA) is 47.0 Å². The number of aromatic nitrogens is 2. The number of nitrogens with zero attached hydrogens (tertiary/aromatic N) is 2. The van der Waals surface area contributed by atoms with Crippen LogP contribution in [0.2, 0.25) is 0 Å². The summed E-state index contributed by atoms with van der Waals surface area (Å²) >= 11 is 2.05. The van der Waals surface area contributed by atoms with Crippen molar-refractivity contribution in [2.75, 3.05) is 30.5 Å². The van der Waals surface area contributed by atoms with Gasteiger partial charge in [-0.3, -0.25) is 0 Å². The van der Waals surface area contributed by atoms with Crippen molar-refractivity contribution in [3.05, 3.63) is 12.4 Å². The molecule has 1 aliphatic rings. The Morgan fingerprint density at radius 3 is 3.00 bits per heavy atom. The molecule has 2 heterocycles. The summed E-state index contributed by atoms with van der Waals surface area (Å²) < 4.78 is 5.05. The van der Waals surface area contributed by atoms with Gasteiger partial charge < -0.3 is 10.1 Å². The van der Waals surface area contributed by atoms with E-state index in [0.717, 1.165) is 18.3 Å². The lowest BCUT2D eigenvalue weighted by Crippen LogP contribution is -2.19. The van der Waals surface area contributed by atoms with Crippen LogP contribution in [0.15, 0.2) is 12.4 Å². The van der Waals surface area contributed by atoms with E-state index in [1.165, 1.54) is 30.7 Å². The fourth-order valence-electron chi connectivity index (χ4n) is 1.75. The molecule has 0 atom stereocenters. The Bertz CT molecular complexity index is 329. The van der Waals surface area contributed by atoms with Crippen molar-refractivity contribution >= 4 is 17.6 Å². The van der Waals surface area contributed by atoms with E-state index in [-0.39, 0.29) is 0 Å². The minimum atomic E-state index is 0.608. The third kappa shape index (κ3) is 3.27. The molecule has 0 bridgehead atoms. The highest BCUT2D eigenvalue weighted by atomic mass is 32.2. The molecule has 5 heteroatoms. The van der Waals surface area contributed by atoms with Crippen LogP contribution in [0.1, 0.15) is 12.8 Å². The summed E-state index contributed by atoms with van der Waals surface area (Å²) in [6.07, 6.45) is 4.14. The molecule has 1 aromatic heterocycles. The molecule has 0 aromatic carbocycles. The second-order valence-corrected chi connectivity index (χ2v) is 5.11. The van der Waals surface area contributed by atoms with E-state index in [1.807, 2.05) is 6.07 Å². The van der Waals surface area contributed by atoms with E-state index < -0.39 is 0 Å². The average molecular weight is 239 g/mol. The zero-order valence-electron chi connectivity index (χ0n) is 9.48. The van der Waals surface area contributed by atoms with Gasteiger partial charge in [-0.1, -0.05) is 0 Å². The van der Waals surface area contributed by atoms with Crippen LogP contribution >= 0.6 is 11.8 Å². The van der Waals surface area contributed by atoms with Gasteiger partial charge in [-0.05, 0) is 30.3 Å². The Morgan fingerprint density at radius 2 is 2.25 bits per heavy atom. The van der Waals surface area contributed by atoms with E-state index in [0.29, 0.717) is 5.88 Å². The van der Waals surface area contributed by atoms with E-state index >= 15 is 0 Å². The largest absolute Gasteiger partial charge is 0.481 e. The van der Waals surface area contributed by atoms with Gasteiger partial charge in [0.05, 0.1) is 7.11 Å². The van der Waals surface area contributed by atoms with Crippen molar-refractivity contribution in [1.82, 2.24) is 9.97 Å². The van der Waals surface area contributed by atoms with Crippen molar-refractivity contribution < 1.29 is 4.74 Å². The maximum absolute atomic E-state index is 5.05. The Balaban J connectivity index is 1.83. The van der Waals surface area contributed by atoms with Crippen LogP contribution in [0.5, 0.6) is 5.88 Å². The van der Waals surface area contributed by atoms with E-state index in [1.54, 1.807) is 7.11 Å². The van der Waals surface area contributed by atoms with Crippen molar-refractivity contribution in [3.63, 3.8) is 0 Å². The zero-order valence-corrected chi connectivity index (χ0v) is 10.3. The molecule has 1 N–H and O–H groups in total. The summed E-state index contributed by atoms with van der Waals surface area (Å²) in [5, 5.41) is 3.35. The predicted octanol–water partition coefficient (Wildman–Crippen LogP) is 2.04. The molecule has 0 spiro atoms. The first-order valence-corrected chi connectivity index (χ1v) is 6.71. The molecule has 0 saturated carbocycles. The summed E-state index contributed by atoms with van der Waals surface area (Å²) in [6.45, 7) is 1.00. The molecule has 1 aliphatic heterocycles. The highest BCUT2D eigenvalue weighted by molar-refractivity contribution is 7.99. The number of anilines is 1. The lowest BCUT2D eigenvalue weighted by molar-refractivity contribution is 0.397. The number of nitrogens with one attached hydrogen (secondary N) is 1. The van der Waals surface area contributed by atoms with Crippen LogP contribution < -0.4 is 10.1 Å². The fraction of sp³-hybridized carbons (Fsp3) is 0.636. The third-order valence-electron chi connectivity index (χ3n) is 2.76. The summed E-state index contributed by atoms with van der Waals surface area (Å²) in [4.78, 5) is 8.14. The second-order valence-electron chi connectivity index (χ2n) is 3.88. The summed E-state index contributed by atoms with van der Waals surface area (Å²) in [5.41, 5.74) is 0. The van der Waals surface area contributed by atoms with Gasteiger partial charge in [-0.25, -0.2) is 9.97 Å². The molecule has 1 saturated heterocycles. The van der Waals surface area contributed by atoms with E-state index in [2.05, 4.69) is 27.0 Å². The van der Waals surface area contributed by atoms with Crippen molar-refractivity contribution in [1.29, 1.82) is 0 Å². The minimum absolute atomic E-state index is 0.608. The fourth-order valence-corrected chi connectivity index (χ4v) is 2.95. The normalized spacial score (nSPS) is 17.1. The molecule has 16 heavy (non-hydrogen) atoms. The maximum atomic E-state index is 5.05. The first-order chi connectivity index (χ1) is 7.88. The smallest absolute Gasteiger partial charge is 0.218 e. The minimum Gasteiger partial charge on any atom is -0.481 e. The maximum Gasteiger partial charge on any atom is 0.218 e. The standard InChI is InChI=1S/C11H17N3OS/c1-15-11-6-10(13-8-14-11)12-7-9-2-4-16-5-3-9/h6,8-9H,2-5,7H2,1H3,(H,12,13,14). The highest BCUT2D eigenvalue weighted by Crippen LogP contribution is 2.23. The monoisotopic (exact) mass is 239 g/mol. The van der Waals surface area contributed by atoms with Gasteiger partial charge in [0.1, 0.15) is 12.1 Å². The Hall–Kier alpha value is -0.970. The van der Waals surface area contributed by atoms with Crippen molar-refractivity contribution in [3.8, 4) is 5.88 Å². The number of hydrogen-bond acceptors (Lipinski definition) is 5. The molecule has 0 amide bonds. The second kappa shape index (κ2) is 5.94. The van der Waals surface area contributed by atoms with Crippen LogP contribution in [-0.4, -0.2) is 35.1 Å². The zero-order chi connectivity index (χ0) is 11.2. The molecule has 0 radical (unpaired) electrons. The Morgan fingerprint density at radius 1 is 1.44 bits per heavy atom. The Kier molecular flexibility index (Phi) is 4.27. The van der Waals surface area contributed by atoms with Gasteiger partial charge >= 0.3 is 0 Å². The van der Waals surface area contributed by atoms with Gasteiger partial charge in [0.25, 0.3) is 0 Å². The first-order valence-electron chi connectivity index (χ1n) is 5.56. The number of thioether (sulfide) groups is 1. The van der Waals surface area contributed by atoms with Crippen LogP contribution in [0.4, 0.5) is 5.82 Å². The highest BCUT2D eigenvalue weighted by Gasteiger charge is 2.13. The summed E-state index contributed by atoms with van der Waals surface area (Å²) in [5.74, 6) is 4.82. The number of rotatable bonds is 4. The number of ether oxygens (including phenoxy) is 1. The van der Waals surface area contributed by atoms with Crippen molar-refractivity contribution in [2.45, 2.75) is 12.8 Å². The lowest BCUT2D eigenvalue weighted by atomic mass is 10.0. The van der Waals surface area contributed by atoms with Gasteiger partial charge in [0.15, 0.2) is 0 Å². The van der Waals surface area contributed by atoms with Gasteiger partial charge in [-0.15, -0.1) is 0 Å². The molecule has 1 fully saturated rings. The van der Waals surface area contributed by atoms with Gasteiger partial charge in [0.2, 0.25) is 5.88 Å². The summed E-state index contributed by atoms with van der Waals surface area (Å²) in [7, 11) is 1.62. The van der Waals surface area contributed by atoms with Crippen LogP contribution in [-0.2, 0) is 0 Å². The molecule has 4 nitrogen and oxygen atoms in total. The molecular formula is C11H17N3OS. The number of methoxy groups -OCH3 is 1. The van der Waals surface area contributed by atoms with E-state index in [4.69, 9.17) is 4.74 Å². The molecule has 0 unspecified atom stereocenters. The first kappa shape index (κ1) is 11.5. The van der Waals surface area contributed by atoms with E-state index in [9.17, 15) is 0 Å². The number of hydrogen-bond donors (Lipinski definition) is 1. The SMILES string of the molecule is COc1cc(NCC2CCSCC2)ncn1.